The largest absolute Gasteiger partial charge is 0.495 e. The van der Waals surface area contributed by atoms with Crippen LogP contribution in [-0.2, 0) is 11.2 Å². The van der Waals surface area contributed by atoms with E-state index in [1.807, 2.05) is 31.2 Å². The Hall–Kier alpha value is -2.00. The summed E-state index contributed by atoms with van der Waals surface area (Å²) in [5.41, 5.74) is 2.82. The van der Waals surface area contributed by atoms with Crippen LogP contribution in [-0.4, -0.2) is 13.0 Å². The molecule has 2 aromatic carbocycles. The van der Waals surface area contributed by atoms with Gasteiger partial charge in [0.25, 0.3) is 0 Å². The van der Waals surface area contributed by atoms with Crippen LogP contribution in [0.15, 0.2) is 42.5 Å². The molecule has 0 aromatic heterocycles. The van der Waals surface area contributed by atoms with E-state index in [4.69, 9.17) is 16.3 Å². The fourth-order valence-corrected chi connectivity index (χ4v) is 2.10. The van der Waals surface area contributed by atoms with Gasteiger partial charge in [0.05, 0.1) is 18.6 Å². The van der Waals surface area contributed by atoms with Gasteiger partial charge in [0.15, 0.2) is 0 Å². The quantitative estimate of drug-likeness (QED) is 0.929. The molecule has 0 atom stereocenters. The van der Waals surface area contributed by atoms with Crippen LogP contribution in [0.2, 0.25) is 5.02 Å². The molecule has 0 radical (unpaired) electrons. The van der Waals surface area contributed by atoms with E-state index in [0.717, 1.165) is 5.56 Å². The SMILES string of the molecule is COc1ccc(NC(=O)Cc2ccc(C)cc2)cc1Cl. The molecular weight excluding hydrogens is 274 g/mol. The second-order valence-electron chi connectivity index (χ2n) is 4.56. The van der Waals surface area contributed by atoms with Gasteiger partial charge in [-0.3, -0.25) is 4.79 Å². The topological polar surface area (TPSA) is 38.3 Å². The van der Waals surface area contributed by atoms with Crippen molar-refractivity contribution in [3.63, 3.8) is 0 Å². The van der Waals surface area contributed by atoms with E-state index in [2.05, 4.69) is 5.32 Å². The second kappa shape index (κ2) is 6.44. The highest BCUT2D eigenvalue weighted by Gasteiger charge is 2.06. The predicted octanol–water partition coefficient (Wildman–Crippen LogP) is 3.84. The lowest BCUT2D eigenvalue weighted by Gasteiger charge is -2.08. The summed E-state index contributed by atoms with van der Waals surface area (Å²) in [6, 6.07) is 13.1. The number of anilines is 1. The van der Waals surface area contributed by atoms with Gasteiger partial charge in [0.1, 0.15) is 5.75 Å². The molecule has 104 valence electrons. The molecule has 0 unspecified atom stereocenters. The number of hydrogen-bond acceptors (Lipinski definition) is 2. The zero-order valence-corrected chi connectivity index (χ0v) is 12.2. The molecule has 0 aliphatic carbocycles. The zero-order valence-electron chi connectivity index (χ0n) is 11.4. The number of carbonyl (C=O) groups excluding carboxylic acids is 1. The predicted molar refractivity (Wildman–Crippen MR) is 81.5 cm³/mol. The Labute approximate surface area is 123 Å². The summed E-state index contributed by atoms with van der Waals surface area (Å²) in [7, 11) is 1.55. The van der Waals surface area contributed by atoms with Crippen molar-refractivity contribution in [2.45, 2.75) is 13.3 Å². The number of hydrogen-bond donors (Lipinski definition) is 1. The highest BCUT2D eigenvalue weighted by Crippen LogP contribution is 2.27. The molecule has 0 bridgehead atoms. The van der Waals surface area contributed by atoms with Gasteiger partial charge in [-0.2, -0.15) is 0 Å². The van der Waals surface area contributed by atoms with E-state index in [0.29, 0.717) is 22.9 Å². The number of rotatable bonds is 4. The van der Waals surface area contributed by atoms with E-state index < -0.39 is 0 Å². The average molecular weight is 290 g/mol. The van der Waals surface area contributed by atoms with Crippen LogP contribution in [0.25, 0.3) is 0 Å². The molecule has 0 saturated carbocycles. The van der Waals surface area contributed by atoms with Crippen LogP contribution in [0, 0.1) is 6.92 Å². The molecule has 2 rings (SSSR count). The van der Waals surface area contributed by atoms with Gasteiger partial charge in [-0.05, 0) is 30.7 Å². The minimum Gasteiger partial charge on any atom is -0.495 e. The molecule has 0 fully saturated rings. The van der Waals surface area contributed by atoms with E-state index in [-0.39, 0.29) is 5.91 Å². The smallest absolute Gasteiger partial charge is 0.228 e. The number of halogens is 1. The number of methoxy groups -OCH3 is 1. The van der Waals surface area contributed by atoms with Crippen LogP contribution in [0.4, 0.5) is 5.69 Å². The minimum atomic E-state index is -0.0740. The first-order valence-electron chi connectivity index (χ1n) is 6.27. The molecule has 0 aliphatic heterocycles. The Kier molecular flexibility index (Phi) is 4.64. The molecule has 3 nitrogen and oxygen atoms in total. The van der Waals surface area contributed by atoms with E-state index in [1.54, 1.807) is 25.3 Å². The standard InChI is InChI=1S/C16H16ClNO2/c1-11-3-5-12(6-4-11)9-16(19)18-13-7-8-15(20-2)14(17)10-13/h3-8,10H,9H2,1-2H3,(H,18,19). The number of nitrogens with one attached hydrogen (secondary N) is 1. The lowest BCUT2D eigenvalue weighted by Crippen LogP contribution is -2.14. The highest BCUT2D eigenvalue weighted by molar-refractivity contribution is 6.32. The lowest BCUT2D eigenvalue weighted by atomic mass is 10.1. The molecule has 0 aliphatic rings. The first kappa shape index (κ1) is 14.4. The van der Waals surface area contributed by atoms with Crippen molar-refractivity contribution in [1.82, 2.24) is 0 Å². The Bertz CT molecular complexity index is 608. The van der Waals surface area contributed by atoms with Crippen molar-refractivity contribution in [3.05, 3.63) is 58.6 Å². The third-order valence-electron chi connectivity index (χ3n) is 2.92. The van der Waals surface area contributed by atoms with Gasteiger partial charge >= 0.3 is 0 Å². The maximum atomic E-state index is 11.9. The average Bonchev–Trinajstić information content (AvgIpc) is 2.41. The highest BCUT2D eigenvalue weighted by atomic mass is 35.5. The van der Waals surface area contributed by atoms with Crippen molar-refractivity contribution in [2.75, 3.05) is 12.4 Å². The molecule has 1 amide bonds. The van der Waals surface area contributed by atoms with Gasteiger partial charge in [0, 0.05) is 5.69 Å². The molecule has 1 N–H and O–H groups in total. The molecule has 0 saturated heterocycles. The summed E-state index contributed by atoms with van der Waals surface area (Å²) in [5, 5.41) is 3.29. The van der Waals surface area contributed by atoms with Gasteiger partial charge in [-0.25, -0.2) is 0 Å². The number of ether oxygens (including phenoxy) is 1. The van der Waals surface area contributed by atoms with E-state index in [1.165, 1.54) is 5.56 Å². The van der Waals surface area contributed by atoms with Crippen LogP contribution in [0.5, 0.6) is 5.75 Å². The van der Waals surface area contributed by atoms with Gasteiger partial charge < -0.3 is 10.1 Å². The van der Waals surface area contributed by atoms with Gasteiger partial charge in [0.2, 0.25) is 5.91 Å². The van der Waals surface area contributed by atoms with Crippen LogP contribution >= 0.6 is 11.6 Å². The number of carbonyl (C=O) groups is 1. The monoisotopic (exact) mass is 289 g/mol. The fraction of sp³-hybridized carbons (Fsp3) is 0.188. The summed E-state index contributed by atoms with van der Waals surface area (Å²) < 4.78 is 5.07. The third-order valence-corrected chi connectivity index (χ3v) is 3.22. The number of benzene rings is 2. The van der Waals surface area contributed by atoms with Crippen molar-refractivity contribution in [2.24, 2.45) is 0 Å². The summed E-state index contributed by atoms with van der Waals surface area (Å²) in [6.07, 6.45) is 0.337. The summed E-state index contributed by atoms with van der Waals surface area (Å²) >= 11 is 6.01. The second-order valence-corrected chi connectivity index (χ2v) is 4.97. The molecular formula is C16H16ClNO2. The van der Waals surface area contributed by atoms with Gasteiger partial charge in [-0.1, -0.05) is 41.4 Å². The van der Waals surface area contributed by atoms with Crippen molar-refractivity contribution < 1.29 is 9.53 Å². The molecule has 0 heterocycles. The first-order valence-corrected chi connectivity index (χ1v) is 6.65. The molecule has 2 aromatic rings. The Balaban J connectivity index is 2.01. The van der Waals surface area contributed by atoms with Crippen molar-refractivity contribution >= 4 is 23.2 Å². The summed E-state index contributed by atoms with van der Waals surface area (Å²) in [6.45, 7) is 2.02. The lowest BCUT2D eigenvalue weighted by molar-refractivity contribution is -0.115. The van der Waals surface area contributed by atoms with Crippen LogP contribution in [0.1, 0.15) is 11.1 Å². The normalized spacial score (nSPS) is 10.2. The third kappa shape index (κ3) is 3.75. The number of aryl methyl sites for hydroxylation is 1. The minimum absolute atomic E-state index is 0.0740. The van der Waals surface area contributed by atoms with Crippen molar-refractivity contribution in [1.29, 1.82) is 0 Å². The fourth-order valence-electron chi connectivity index (χ4n) is 1.84. The number of amides is 1. The van der Waals surface area contributed by atoms with Crippen molar-refractivity contribution in [3.8, 4) is 5.75 Å². The van der Waals surface area contributed by atoms with Gasteiger partial charge in [-0.15, -0.1) is 0 Å². The first-order chi connectivity index (χ1) is 9.58. The van der Waals surface area contributed by atoms with E-state index >= 15 is 0 Å². The zero-order chi connectivity index (χ0) is 14.5. The Morgan fingerprint density at radius 1 is 1.20 bits per heavy atom. The Morgan fingerprint density at radius 2 is 1.90 bits per heavy atom. The molecule has 0 spiro atoms. The summed E-state index contributed by atoms with van der Waals surface area (Å²) in [4.78, 5) is 11.9. The Morgan fingerprint density at radius 3 is 2.50 bits per heavy atom. The summed E-state index contributed by atoms with van der Waals surface area (Å²) in [5.74, 6) is 0.512. The van der Waals surface area contributed by atoms with Crippen LogP contribution < -0.4 is 10.1 Å². The molecule has 20 heavy (non-hydrogen) atoms. The maximum absolute atomic E-state index is 11.9. The molecule has 4 heteroatoms. The maximum Gasteiger partial charge on any atom is 0.228 e. The van der Waals surface area contributed by atoms with Crippen LogP contribution in [0.3, 0.4) is 0 Å². The van der Waals surface area contributed by atoms with E-state index in [9.17, 15) is 4.79 Å².